The molecule has 11 heteroatoms. The first-order valence-corrected chi connectivity index (χ1v) is 12.7. The standard InChI is InChI=1S/C29H37F4NO6/c1-26(2,3)40-25(37)34(6)28(24(35)36,19-27(4,5)30)22(18-38-17-21-10-8-7-9-11-21)16-20-12-14-23(15-13-20)39-29(31,32)33/h7-15,22H,16-19H2,1-6H3,(H,35,36)/t22-,28-/m0/s1. The summed E-state index contributed by atoms with van der Waals surface area (Å²) < 4.78 is 68.5. The van der Waals surface area contributed by atoms with Gasteiger partial charge in [-0.05, 0) is 64.3 Å². The summed E-state index contributed by atoms with van der Waals surface area (Å²) >= 11 is 0. The fourth-order valence-electron chi connectivity index (χ4n) is 4.44. The number of benzene rings is 2. The van der Waals surface area contributed by atoms with Crippen LogP contribution in [0.25, 0.3) is 0 Å². The number of hydrogen-bond acceptors (Lipinski definition) is 5. The van der Waals surface area contributed by atoms with Gasteiger partial charge in [-0.3, -0.25) is 4.90 Å². The van der Waals surface area contributed by atoms with Gasteiger partial charge in [-0.25, -0.2) is 14.0 Å². The van der Waals surface area contributed by atoms with Crippen molar-refractivity contribution in [2.45, 2.75) is 77.2 Å². The van der Waals surface area contributed by atoms with E-state index in [-0.39, 0.29) is 19.6 Å². The molecule has 2 rings (SSSR count). The van der Waals surface area contributed by atoms with E-state index in [9.17, 15) is 27.9 Å². The number of rotatable bonds is 12. The molecule has 0 saturated carbocycles. The summed E-state index contributed by atoms with van der Waals surface area (Å²) in [6, 6.07) is 14.0. The highest BCUT2D eigenvalue weighted by atomic mass is 19.4. The van der Waals surface area contributed by atoms with Gasteiger partial charge < -0.3 is 19.3 Å². The number of nitrogens with zero attached hydrogens (tertiary/aromatic N) is 1. The lowest BCUT2D eigenvalue weighted by Gasteiger charge is -2.46. The van der Waals surface area contributed by atoms with Crippen LogP contribution in [0.1, 0.15) is 52.2 Å². The monoisotopic (exact) mass is 571 g/mol. The molecular weight excluding hydrogens is 534 g/mol. The Balaban J connectivity index is 2.54. The van der Waals surface area contributed by atoms with Crippen molar-refractivity contribution in [1.82, 2.24) is 4.90 Å². The summed E-state index contributed by atoms with van der Waals surface area (Å²) in [6.07, 6.45) is -6.53. The average molecular weight is 572 g/mol. The molecule has 1 N–H and O–H groups in total. The van der Waals surface area contributed by atoms with Crippen molar-refractivity contribution in [3.05, 3.63) is 65.7 Å². The van der Waals surface area contributed by atoms with E-state index in [1.807, 2.05) is 30.3 Å². The Morgan fingerprint density at radius 2 is 1.48 bits per heavy atom. The summed E-state index contributed by atoms with van der Waals surface area (Å²) in [6.45, 7) is 7.16. The van der Waals surface area contributed by atoms with Crippen LogP contribution in [0, 0.1) is 5.92 Å². The van der Waals surface area contributed by atoms with Crippen LogP contribution in [0.5, 0.6) is 5.75 Å². The Bertz CT molecular complexity index is 1110. The summed E-state index contributed by atoms with van der Waals surface area (Å²) in [5.41, 5.74) is -3.92. The first-order valence-electron chi connectivity index (χ1n) is 12.7. The lowest BCUT2D eigenvalue weighted by Crippen LogP contribution is -2.64. The molecule has 0 saturated heterocycles. The van der Waals surface area contributed by atoms with E-state index < -0.39 is 53.3 Å². The second kappa shape index (κ2) is 12.9. The average Bonchev–Trinajstić information content (AvgIpc) is 2.80. The van der Waals surface area contributed by atoms with E-state index in [4.69, 9.17) is 9.47 Å². The van der Waals surface area contributed by atoms with E-state index in [1.54, 1.807) is 20.8 Å². The predicted octanol–water partition coefficient (Wildman–Crippen LogP) is 6.79. The smallest absolute Gasteiger partial charge is 0.479 e. The van der Waals surface area contributed by atoms with Crippen LogP contribution in [-0.2, 0) is 27.3 Å². The summed E-state index contributed by atoms with van der Waals surface area (Å²) in [4.78, 5) is 27.1. The second-order valence-corrected chi connectivity index (χ2v) is 11.3. The number of carboxylic acid groups (broad SMARTS) is 1. The number of alkyl halides is 4. The topological polar surface area (TPSA) is 85.3 Å². The Morgan fingerprint density at radius 1 is 0.900 bits per heavy atom. The van der Waals surface area contributed by atoms with Crippen LogP contribution in [0.4, 0.5) is 22.4 Å². The molecule has 7 nitrogen and oxygen atoms in total. The minimum atomic E-state index is -4.88. The maximum Gasteiger partial charge on any atom is 0.573 e. The van der Waals surface area contributed by atoms with Crippen LogP contribution in [0.3, 0.4) is 0 Å². The molecule has 2 aromatic carbocycles. The summed E-state index contributed by atoms with van der Waals surface area (Å²) in [5.74, 6) is -2.97. The molecule has 0 spiro atoms. The molecule has 0 unspecified atom stereocenters. The van der Waals surface area contributed by atoms with Gasteiger partial charge in [-0.2, -0.15) is 0 Å². The van der Waals surface area contributed by atoms with Crippen LogP contribution < -0.4 is 4.74 Å². The number of likely N-dealkylation sites (N-methyl/N-ethyl adjacent to an activating group) is 1. The van der Waals surface area contributed by atoms with E-state index >= 15 is 4.39 Å². The van der Waals surface area contributed by atoms with E-state index in [2.05, 4.69) is 4.74 Å². The van der Waals surface area contributed by atoms with Crippen LogP contribution in [-0.4, -0.2) is 58.9 Å². The molecule has 40 heavy (non-hydrogen) atoms. The zero-order chi connectivity index (χ0) is 30.4. The van der Waals surface area contributed by atoms with Gasteiger partial charge in [0.15, 0.2) is 5.54 Å². The molecule has 2 aromatic rings. The number of halogens is 4. The fraction of sp³-hybridized carbons (Fsp3) is 0.517. The molecule has 0 heterocycles. The van der Waals surface area contributed by atoms with Gasteiger partial charge in [-0.15, -0.1) is 13.2 Å². The van der Waals surface area contributed by atoms with Crippen molar-refractivity contribution in [1.29, 1.82) is 0 Å². The Hall–Kier alpha value is -3.34. The van der Waals surface area contributed by atoms with Gasteiger partial charge in [0, 0.05) is 19.4 Å². The zero-order valence-electron chi connectivity index (χ0n) is 23.5. The fourth-order valence-corrected chi connectivity index (χ4v) is 4.44. The number of carboxylic acids is 1. The quantitative estimate of drug-likeness (QED) is 0.283. The van der Waals surface area contributed by atoms with Crippen molar-refractivity contribution in [2.24, 2.45) is 5.92 Å². The van der Waals surface area contributed by atoms with Gasteiger partial charge in [0.25, 0.3) is 0 Å². The van der Waals surface area contributed by atoms with Gasteiger partial charge in [0.05, 0.1) is 13.2 Å². The highest BCUT2D eigenvalue weighted by molar-refractivity contribution is 5.85. The Labute approximate surface area is 232 Å². The lowest BCUT2D eigenvalue weighted by molar-refractivity contribution is -0.274. The van der Waals surface area contributed by atoms with Gasteiger partial charge in [-0.1, -0.05) is 42.5 Å². The van der Waals surface area contributed by atoms with E-state index in [1.165, 1.54) is 33.0 Å². The van der Waals surface area contributed by atoms with Crippen LogP contribution >= 0.6 is 0 Å². The third kappa shape index (κ3) is 10.0. The lowest BCUT2D eigenvalue weighted by atomic mass is 9.73. The number of carbonyl (C=O) groups is 2. The molecule has 0 aliphatic carbocycles. The van der Waals surface area contributed by atoms with E-state index in [0.717, 1.165) is 22.6 Å². The highest BCUT2D eigenvalue weighted by Crippen LogP contribution is 2.38. The largest absolute Gasteiger partial charge is 0.573 e. The SMILES string of the molecule is CN(C(=O)OC(C)(C)C)[C@](CC(C)(C)F)(C(=O)O)[C@H](COCc1ccccc1)Cc1ccc(OC(F)(F)F)cc1. The highest BCUT2D eigenvalue weighted by Gasteiger charge is 2.55. The molecule has 0 radical (unpaired) electrons. The number of aliphatic carboxylic acids is 1. The molecule has 222 valence electrons. The van der Waals surface area contributed by atoms with Gasteiger partial charge >= 0.3 is 18.4 Å². The first kappa shape index (κ1) is 32.9. The molecule has 0 fully saturated rings. The minimum absolute atomic E-state index is 0.0728. The third-order valence-electron chi connectivity index (χ3n) is 6.07. The van der Waals surface area contributed by atoms with Crippen LogP contribution in [0.2, 0.25) is 0 Å². The minimum Gasteiger partial charge on any atom is -0.479 e. The maximum absolute atomic E-state index is 15.3. The third-order valence-corrected chi connectivity index (χ3v) is 6.07. The second-order valence-electron chi connectivity index (χ2n) is 11.3. The summed E-state index contributed by atoms with van der Waals surface area (Å²) in [7, 11) is 1.23. The number of hydrogen-bond donors (Lipinski definition) is 1. The molecule has 0 aromatic heterocycles. The molecule has 0 bridgehead atoms. The molecule has 1 amide bonds. The number of carbonyl (C=O) groups excluding carboxylic acids is 1. The zero-order valence-corrected chi connectivity index (χ0v) is 23.5. The van der Waals surface area contributed by atoms with Crippen LogP contribution in [0.15, 0.2) is 54.6 Å². The Kier molecular flexibility index (Phi) is 10.6. The Morgan fingerprint density at radius 3 is 1.95 bits per heavy atom. The van der Waals surface area contributed by atoms with Gasteiger partial charge in [0.2, 0.25) is 0 Å². The number of ether oxygens (including phenoxy) is 3. The summed E-state index contributed by atoms with van der Waals surface area (Å²) in [5, 5.41) is 10.6. The van der Waals surface area contributed by atoms with Crippen molar-refractivity contribution < 1.29 is 46.5 Å². The maximum atomic E-state index is 15.3. The molecule has 2 atom stereocenters. The van der Waals surface area contributed by atoms with Gasteiger partial charge in [0.1, 0.15) is 17.0 Å². The predicted molar refractivity (Wildman–Crippen MR) is 141 cm³/mol. The molecule has 0 aliphatic heterocycles. The van der Waals surface area contributed by atoms with Crippen molar-refractivity contribution in [3.8, 4) is 5.75 Å². The van der Waals surface area contributed by atoms with Crippen molar-refractivity contribution in [3.63, 3.8) is 0 Å². The number of amides is 1. The van der Waals surface area contributed by atoms with Crippen molar-refractivity contribution >= 4 is 12.1 Å². The molecule has 0 aliphatic rings. The first-order chi connectivity index (χ1) is 18.3. The normalized spacial score (nSPS) is 14.7. The van der Waals surface area contributed by atoms with Crippen molar-refractivity contribution in [2.75, 3.05) is 13.7 Å². The molecular formula is C29H37F4NO6. The van der Waals surface area contributed by atoms with E-state index in [0.29, 0.717) is 5.56 Å².